The summed E-state index contributed by atoms with van der Waals surface area (Å²) in [5.74, 6) is 0.152. The van der Waals surface area contributed by atoms with Gasteiger partial charge in [-0.3, -0.25) is 9.59 Å². The van der Waals surface area contributed by atoms with Crippen LogP contribution in [0.4, 0.5) is 5.69 Å². The van der Waals surface area contributed by atoms with Gasteiger partial charge in [0.15, 0.2) is 0 Å². The Morgan fingerprint density at radius 1 is 1.22 bits per heavy atom. The molecular formula is C21H23BrN2O3. The highest BCUT2D eigenvalue weighted by atomic mass is 79.9. The number of nitrogens with one attached hydrogen (secondary N) is 1. The highest BCUT2D eigenvalue weighted by Gasteiger charge is 2.12. The zero-order chi connectivity index (χ0) is 20.0. The van der Waals surface area contributed by atoms with Gasteiger partial charge in [0.2, 0.25) is 11.8 Å². The average molecular weight is 431 g/mol. The van der Waals surface area contributed by atoms with Gasteiger partial charge in [-0.1, -0.05) is 28.1 Å². The molecule has 0 saturated carbocycles. The Balaban J connectivity index is 2.00. The third-order valence-electron chi connectivity index (χ3n) is 4.23. The first kappa shape index (κ1) is 20.7. The Morgan fingerprint density at radius 2 is 1.96 bits per heavy atom. The molecule has 0 bridgehead atoms. The summed E-state index contributed by atoms with van der Waals surface area (Å²) in [6.45, 7) is 3.90. The minimum Gasteiger partial charge on any atom is -0.496 e. The lowest BCUT2D eigenvalue weighted by Crippen LogP contribution is -2.34. The number of hydrogen-bond acceptors (Lipinski definition) is 3. The van der Waals surface area contributed by atoms with Crippen LogP contribution < -0.4 is 10.1 Å². The highest BCUT2D eigenvalue weighted by molar-refractivity contribution is 9.10. The van der Waals surface area contributed by atoms with Crippen molar-refractivity contribution in [3.05, 3.63) is 63.6 Å². The average Bonchev–Trinajstić information content (AvgIpc) is 2.63. The number of amides is 2. The fourth-order valence-corrected chi connectivity index (χ4v) is 2.87. The summed E-state index contributed by atoms with van der Waals surface area (Å²) in [6, 6.07) is 11.3. The Hall–Kier alpha value is -2.60. The predicted molar refractivity (Wildman–Crippen MR) is 112 cm³/mol. The Labute approximate surface area is 168 Å². The number of rotatable bonds is 6. The minimum absolute atomic E-state index is 0.0355. The van der Waals surface area contributed by atoms with E-state index in [-0.39, 0.29) is 18.4 Å². The van der Waals surface area contributed by atoms with Gasteiger partial charge in [-0.25, -0.2) is 0 Å². The molecule has 2 aromatic rings. The van der Waals surface area contributed by atoms with Crippen LogP contribution >= 0.6 is 15.9 Å². The van der Waals surface area contributed by atoms with E-state index in [1.165, 1.54) is 11.0 Å². The molecule has 0 unspecified atom stereocenters. The molecule has 0 spiro atoms. The van der Waals surface area contributed by atoms with Crippen LogP contribution in [0.1, 0.15) is 16.7 Å². The maximum Gasteiger partial charge on any atom is 0.246 e. The molecule has 0 aliphatic heterocycles. The van der Waals surface area contributed by atoms with Gasteiger partial charge in [0.05, 0.1) is 13.7 Å². The lowest BCUT2D eigenvalue weighted by atomic mass is 10.1. The van der Waals surface area contributed by atoms with Crippen molar-refractivity contribution in [2.75, 3.05) is 26.0 Å². The predicted octanol–water partition coefficient (Wildman–Crippen LogP) is 4.18. The van der Waals surface area contributed by atoms with Gasteiger partial charge in [0.25, 0.3) is 0 Å². The summed E-state index contributed by atoms with van der Waals surface area (Å²) >= 11 is 3.40. The zero-order valence-electron chi connectivity index (χ0n) is 15.9. The molecule has 0 saturated heterocycles. The zero-order valence-corrected chi connectivity index (χ0v) is 17.5. The normalized spacial score (nSPS) is 10.7. The number of carbonyl (C=O) groups excluding carboxylic acids is 2. The van der Waals surface area contributed by atoms with Crippen LogP contribution in [0, 0.1) is 13.8 Å². The van der Waals surface area contributed by atoms with Crippen molar-refractivity contribution < 1.29 is 14.3 Å². The number of hydrogen-bond donors (Lipinski definition) is 1. The molecule has 6 heteroatoms. The van der Waals surface area contributed by atoms with Crippen molar-refractivity contribution in [2.45, 2.75) is 13.8 Å². The van der Waals surface area contributed by atoms with Crippen LogP contribution in [0.5, 0.6) is 5.75 Å². The van der Waals surface area contributed by atoms with Gasteiger partial charge in [-0.2, -0.15) is 0 Å². The standard InChI is InChI=1S/C21H23BrN2O3/c1-14-6-5-7-18(15(14)2)23-20(25)13-24(3)21(26)11-8-16-12-17(22)9-10-19(16)27-4/h5-12H,13H2,1-4H3,(H,23,25)/b11-8+. The molecule has 2 aromatic carbocycles. The van der Waals surface area contributed by atoms with E-state index in [2.05, 4.69) is 21.2 Å². The van der Waals surface area contributed by atoms with Crippen molar-refractivity contribution in [3.63, 3.8) is 0 Å². The maximum atomic E-state index is 12.3. The van der Waals surface area contributed by atoms with E-state index in [4.69, 9.17) is 4.74 Å². The minimum atomic E-state index is -0.270. The smallest absolute Gasteiger partial charge is 0.246 e. The molecule has 2 rings (SSSR count). The summed E-state index contributed by atoms with van der Waals surface area (Å²) in [4.78, 5) is 25.9. The first-order valence-corrected chi connectivity index (χ1v) is 9.24. The van der Waals surface area contributed by atoms with Crippen molar-refractivity contribution in [2.24, 2.45) is 0 Å². The number of aryl methyl sites for hydroxylation is 1. The van der Waals surface area contributed by atoms with Gasteiger partial charge in [-0.15, -0.1) is 0 Å². The third kappa shape index (κ3) is 5.69. The van der Waals surface area contributed by atoms with Gasteiger partial charge < -0.3 is 15.0 Å². The summed E-state index contributed by atoms with van der Waals surface area (Å²) in [7, 11) is 3.17. The van der Waals surface area contributed by atoms with Crippen molar-refractivity contribution in [1.82, 2.24) is 4.90 Å². The Kier molecular flexibility index (Phi) is 7.19. The highest BCUT2D eigenvalue weighted by Crippen LogP contribution is 2.24. The van der Waals surface area contributed by atoms with Gasteiger partial charge >= 0.3 is 0 Å². The SMILES string of the molecule is COc1ccc(Br)cc1/C=C/C(=O)N(C)CC(=O)Nc1cccc(C)c1C. The molecule has 27 heavy (non-hydrogen) atoms. The van der Waals surface area contributed by atoms with Crippen LogP contribution in [-0.2, 0) is 9.59 Å². The van der Waals surface area contributed by atoms with Crippen LogP contribution in [-0.4, -0.2) is 37.4 Å². The van der Waals surface area contributed by atoms with Gasteiger partial charge in [0.1, 0.15) is 5.75 Å². The molecule has 0 aromatic heterocycles. The van der Waals surface area contributed by atoms with E-state index in [1.807, 2.05) is 50.2 Å². The van der Waals surface area contributed by atoms with Crippen LogP contribution in [0.3, 0.4) is 0 Å². The van der Waals surface area contributed by atoms with Gasteiger partial charge in [-0.05, 0) is 55.3 Å². The largest absolute Gasteiger partial charge is 0.496 e. The number of anilines is 1. The number of halogens is 1. The fraction of sp³-hybridized carbons (Fsp3) is 0.238. The second-order valence-electron chi connectivity index (χ2n) is 6.21. The molecule has 0 radical (unpaired) electrons. The summed E-state index contributed by atoms with van der Waals surface area (Å²) in [5, 5.41) is 2.85. The van der Waals surface area contributed by atoms with Crippen molar-refractivity contribution in [3.8, 4) is 5.75 Å². The van der Waals surface area contributed by atoms with E-state index >= 15 is 0 Å². The number of methoxy groups -OCH3 is 1. The Bertz CT molecular complexity index is 878. The number of carbonyl (C=O) groups is 2. The van der Waals surface area contributed by atoms with Crippen LogP contribution in [0.15, 0.2) is 46.9 Å². The molecule has 0 aliphatic carbocycles. The molecule has 2 amide bonds. The Morgan fingerprint density at radius 3 is 2.67 bits per heavy atom. The molecule has 5 nitrogen and oxygen atoms in total. The molecule has 0 heterocycles. The maximum absolute atomic E-state index is 12.3. The third-order valence-corrected chi connectivity index (χ3v) is 4.73. The number of likely N-dealkylation sites (N-methyl/N-ethyl adjacent to an activating group) is 1. The number of ether oxygens (including phenoxy) is 1. The van der Waals surface area contributed by atoms with Crippen molar-refractivity contribution in [1.29, 1.82) is 0 Å². The second-order valence-corrected chi connectivity index (χ2v) is 7.13. The number of benzene rings is 2. The first-order valence-electron chi connectivity index (χ1n) is 8.44. The monoisotopic (exact) mass is 430 g/mol. The molecule has 1 N–H and O–H groups in total. The van der Waals surface area contributed by atoms with Crippen LogP contribution in [0.25, 0.3) is 6.08 Å². The molecular weight excluding hydrogens is 408 g/mol. The topological polar surface area (TPSA) is 58.6 Å². The van der Waals surface area contributed by atoms with Gasteiger partial charge in [0, 0.05) is 28.8 Å². The first-order chi connectivity index (χ1) is 12.8. The lowest BCUT2D eigenvalue weighted by molar-refractivity contribution is -0.129. The summed E-state index contributed by atoms with van der Waals surface area (Å²) in [5.41, 5.74) is 3.65. The summed E-state index contributed by atoms with van der Waals surface area (Å²) in [6.07, 6.45) is 3.10. The van der Waals surface area contributed by atoms with E-state index in [0.717, 1.165) is 26.9 Å². The van der Waals surface area contributed by atoms with E-state index in [0.29, 0.717) is 5.75 Å². The van der Waals surface area contributed by atoms with E-state index in [1.54, 1.807) is 20.2 Å². The second kappa shape index (κ2) is 9.37. The molecule has 142 valence electrons. The fourth-order valence-electron chi connectivity index (χ4n) is 2.49. The van der Waals surface area contributed by atoms with E-state index in [9.17, 15) is 9.59 Å². The number of nitrogens with zero attached hydrogens (tertiary/aromatic N) is 1. The molecule has 0 atom stereocenters. The lowest BCUT2D eigenvalue weighted by Gasteiger charge is -2.16. The molecule has 0 aliphatic rings. The van der Waals surface area contributed by atoms with Crippen LogP contribution in [0.2, 0.25) is 0 Å². The molecule has 0 fully saturated rings. The van der Waals surface area contributed by atoms with Crippen molar-refractivity contribution >= 4 is 39.5 Å². The summed E-state index contributed by atoms with van der Waals surface area (Å²) < 4.78 is 6.17. The van der Waals surface area contributed by atoms with E-state index < -0.39 is 0 Å². The quantitative estimate of drug-likeness (QED) is 0.698.